The summed E-state index contributed by atoms with van der Waals surface area (Å²) in [6.07, 6.45) is 0. The minimum absolute atomic E-state index is 0.716. The monoisotopic (exact) mass is 294 g/mol. The molecule has 0 amide bonds. The molecule has 6 nitrogen and oxygen atoms in total. The summed E-state index contributed by atoms with van der Waals surface area (Å²) in [6, 6.07) is 0.212. The molecule has 1 rings (SSSR count). The molecule has 0 saturated heterocycles. The molecule has 0 aliphatic carbocycles. The van der Waals surface area contributed by atoms with E-state index < -0.39 is 44.3 Å². The highest BCUT2D eigenvalue weighted by Gasteiger charge is 2.26. The van der Waals surface area contributed by atoms with Gasteiger partial charge in [0.25, 0.3) is 0 Å². The number of benzene rings is 1. The van der Waals surface area contributed by atoms with E-state index in [4.69, 9.17) is 5.73 Å². The molecular weight excluding hydrogens is 282 g/mol. The van der Waals surface area contributed by atoms with Crippen molar-refractivity contribution in [3.05, 3.63) is 23.8 Å². The smallest absolute Gasteiger partial charge is 0.323 e. The molecule has 1 atom stereocenters. The van der Waals surface area contributed by atoms with Crippen molar-refractivity contribution in [1.29, 1.82) is 0 Å². The van der Waals surface area contributed by atoms with E-state index >= 15 is 0 Å². The zero-order valence-corrected chi connectivity index (χ0v) is 10.9. The maximum Gasteiger partial charge on any atom is 0.323 e. The number of nitrogen functional groups attached to an aromatic ring is 1. The molecule has 0 saturated carbocycles. The summed E-state index contributed by atoms with van der Waals surface area (Å²) < 4.78 is 56.4. The first-order valence-electron chi connectivity index (χ1n) is 5.04. The van der Waals surface area contributed by atoms with Crippen molar-refractivity contribution < 1.29 is 26.7 Å². The molecule has 0 radical (unpaired) electrons. The third-order valence-electron chi connectivity index (χ3n) is 2.27. The minimum Gasteiger partial charge on any atom is -0.468 e. The van der Waals surface area contributed by atoms with Crippen molar-refractivity contribution in [3.8, 4) is 0 Å². The van der Waals surface area contributed by atoms with Gasteiger partial charge in [-0.15, -0.1) is 0 Å². The molecule has 0 aliphatic rings. The van der Waals surface area contributed by atoms with E-state index in [1.165, 1.54) is 6.92 Å². The second-order valence-corrected chi connectivity index (χ2v) is 5.32. The van der Waals surface area contributed by atoms with Gasteiger partial charge in [-0.25, -0.2) is 17.2 Å². The Kier molecular flexibility index (Phi) is 4.43. The Morgan fingerprint density at radius 2 is 2.00 bits per heavy atom. The minimum atomic E-state index is -4.36. The van der Waals surface area contributed by atoms with Gasteiger partial charge in [0.1, 0.15) is 22.4 Å². The molecule has 1 unspecified atom stereocenters. The third-order valence-corrected chi connectivity index (χ3v) is 3.83. The molecule has 106 valence electrons. The molecule has 0 fully saturated rings. The van der Waals surface area contributed by atoms with Crippen molar-refractivity contribution in [2.75, 3.05) is 12.8 Å². The molecule has 1 aromatic rings. The molecule has 3 N–H and O–H groups in total. The van der Waals surface area contributed by atoms with Gasteiger partial charge in [0.2, 0.25) is 10.0 Å². The summed E-state index contributed by atoms with van der Waals surface area (Å²) in [5.74, 6) is -3.33. The van der Waals surface area contributed by atoms with Crippen LogP contribution in [-0.2, 0) is 19.6 Å². The number of nitrogens with two attached hydrogens (primary N) is 1. The predicted molar refractivity (Wildman–Crippen MR) is 62.6 cm³/mol. The van der Waals surface area contributed by atoms with E-state index in [1.54, 1.807) is 0 Å². The maximum absolute atomic E-state index is 13.6. The Labute approximate surface area is 108 Å². The SMILES string of the molecule is COC(=O)C(C)NS(=O)(=O)c1ccc(F)c(N)c1F. The van der Waals surface area contributed by atoms with Crippen LogP contribution in [0.4, 0.5) is 14.5 Å². The van der Waals surface area contributed by atoms with E-state index in [0.717, 1.165) is 13.2 Å². The average Bonchev–Trinajstić information content (AvgIpc) is 2.33. The second-order valence-electron chi connectivity index (χ2n) is 3.64. The summed E-state index contributed by atoms with van der Waals surface area (Å²) in [7, 11) is -3.28. The average molecular weight is 294 g/mol. The van der Waals surface area contributed by atoms with Crippen molar-refractivity contribution in [1.82, 2.24) is 4.72 Å². The Bertz CT molecular complexity index is 604. The molecule has 19 heavy (non-hydrogen) atoms. The predicted octanol–water partition coefficient (Wildman–Crippen LogP) is 0.387. The molecule has 9 heteroatoms. The summed E-state index contributed by atoms with van der Waals surface area (Å²) in [5, 5.41) is 0. The van der Waals surface area contributed by atoms with Gasteiger partial charge in [-0.3, -0.25) is 4.79 Å². The molecule has 1 aromatic carbocycles. The van der Waals surface area contributed by atoms with Crippen LogP contribution >= 0.6 is 0 Å². The van der Waals surface area contributed by atoms with Crippen LogP contribution in [0.3, 0.4) is 0 Å². The fraction of sp³-hybridized carbons (Fsp3) is 0.300. The van der Waals surface area contributed by atoms with Gasteiger partial charge in [0.05, 0.1) is 7.11 Å². The van der Waals surface area contributed by atoms with Gasteiger partial charge in [0.15, 0.2) is 5.82 Å². The number of carbonyl (C=O) groups excluding carboxylic acids is 1. The zero-order chi connectivity index (χ0) is 14.8. The first-order valence-corrected chi connectivity index (χ1v) is 6.52. The van der Waals surface area contributed by atoms with Gasteiger partial charge in [-0.2, -0.15) is 4.72 Å². The van der Waals surface area contributed by atoms with E-state index in [-0.39, 0.29) is 0 Å². The molecule has 0 bridgehead atoms. The number of esters is 1. The number of sulfonamides is 1. The van der Waals surface area contributed by atoms with Gasteiger partial charge < -0.3 is 10.5 Å². The van der Waals surface area contributed by atoms with Crippen LogP contribution in [0.5, 0.6) is 0 Å². The van der Waals surface area contributed by atoms with Gasteiger partial charge in [-0.05, 0) is 19.1 Å². The van der Waals surface area contributed by atoms with Gasteiger partial charge in [0, 0.05) is 0 Å². The van der Waals surface area contributed by atoms with Crippen molar-refractivity contribution in [3.63, 3.8) is 0 Å². The zero-order valence-electron chi connectivity index (χ0n) is 10.1. The van der Waals surface area contributed by atoms with E-state index in [9.17, 15) is 22.0 Å². The summed E-state index contributed by atoms with van der Waals surface area (Å²) >= 11 is 0. The normalized spacial score (nSPS) is 13.1. The second kappa shape index (κ2) is 5.49. The highest BCUT2D eigenvalue weighted by molar-refractivity contribution is 7.89. The molecule has 0 aliphatic heterocycles. The molecule has 0 heterocycles. The summed E-state index contributed by atoms with van der Waals surface area (Å²) in [4.78, 5) is 10.3. The Hall–Kier alpha value is -1.74. The maximum atomic E-state index is 13.6. The highest BCUT2D eigenvalue weighted by Crippen LogP contribution is 2.22. The topological polar surface area (TPSA) is 98.5 Å². The lowest BCUT2D eigenvalue weighted by Gasteiger charge is -2.13. The first-order chi connectivity index (χ1) is 8.70. The van der Waals surface area contributed by atoms with Crippen molar-refractivity contribution >= 4 is 21.7 Å². The quantitative estimate of drug-likeness (QED) is 0.618. The first kappa shape index (κ1) is 15.3. The highest BCUT2D eigenvalue weighted by atomic mass is 32.2. The summed E-state index contributed by atoms with van der Waals surface area (Å²) in [5.41, 5.74) is 4.15. The van der Waals surface area contributed by atoms with Crippen LogP contribution in [0, 0.1) is 11.6 Å². The Balaban J connectivity index is 3.15. The largest absolute Gasteiger partial charge is 0.468 e. The number of ether oxygens (including phenoxy) is 1. The molecule has 0 aromatic heterocycles. The number of rotatable bonds is 4. The fourth-order valence-corrected chi connectivity index (χ4v) is 2.56. The van der Waals surface area contributed by atoms with Crippen LogP contribution in [0.1, 0.15) is 6.92 Å². The lowest BCUT2D eigenvalue weighted by molar-refractivity contribution is -0.142. The Morgan fingerprint density at radius 3 is 2.53 bits per heavy atom. The fourth-order valence-electron chi connectivity index (χ4n) is 1.28. The number of carbonyl (C=O) groups is 1. The lowest BCUT2D eigenvalue weighted by Crippen LogP contribution is -2.39. The molecular formula is C10H12F2N2O4S. The lowest BCUT2D eigenvalue weighted by atomic mass is 10.3. The molecule has 0 spiro atoms. The van der Waals surface area contributed by atoms with E-state index in [0.29, 0.717) is 6.07 Å². The number of anilines is 1. The van der Waals surface area contributed by atoms with Crippen molar-refractivity contribution in [2.45, 2.75) is 17.9 Å². The Morgan fingerprint density at radius 1 is 1.42 bits per heavy atom. The number of hydrogen-bond acceptors (Lipinski definition) is 5. The number of methoxy groups -OCH3 is 1. The van der Waals surface area contributed by atoms with E-state index in [2.05, 4.69) is 4.74 Å². The van der Waals surface area contributed by atoms with Gasteiger partial charge >= 0.3 is 5.97 Å². The van der Waals surface area contributed by atoms with E-state index in [1.807, 2.05) is 4.72 Å². The summed E-state index contributed by atoms with van der Waals surface area (Å²) in [6.45, 7) is 1.22. The van der Waals surface area contributed by atoms with Crippen LogP contribution in [0.25, 0.3) is 0 Å². The van der Waals surface area contributed by atoms with Crippen LogP contribution in [0.15, 0.2) is 17.0 Å². The number of hydrogen-bond donors (Lipinski definition) is 2. The van der Waals surface area contributed by atoms with Crippen LogP contribution < -0.4 is 10.5 Å². The standard InChI is InChI=1S/C10H12F2N2O4S/c1-5(10(15)18-2)14-19(16,17)7-4-3-6(11)9(13)8(7)12/h3-5,14H,13H2,1-2H3. The third kappa shape index (κ3) is 3.18. The number of nitrogens with one attached hydrogen (secondary N) is 1. The van der Waals surface area contributed by atoms with Crippen molar-refractivity contribution in [2.24, 2.45) is 0 Å². The van der Waals surface area contributed by atoms with Crippen LogP contribution in [-0.4, -0.2) is 27.5 Å². The van der Waals surface area contributed by atoms with Crippen LogP contribution in [0.2, 0.25) is 0 Å². The number of halogens is 2. The van der Waals surface area contributed by atoms with Gasteiger partial charge in [-0.1, -0.05) is 0 Å².